The maximum atomic E-state index is 6.04. The molecule has 0 atom stereocenters. The largest absolute Gasteiger partial charge is 0.514 e. The molecule has 0 aliphatic carbocycles. The summed E-state index contributed by atoms with van der Waals surface area (Å²) < 4.78 is 12.1. The number of rotatable bonds is 2. The molecule has 21 heavy (non-hydrogen) atoms. The van der Waals surface area contributed by atoms with E-state index < -0.39 is 7.12 Å². The lowest BCUT2D eigenvalue weighted by Gasteiger charge is -2.32. The Morgan fingerprint density at radius 3 is 2.14 bits per heavy atom. The highest BCUT2D eigenvalue weighted by atomic mass is 16.7. The van der Waals surface area contributed by atoms with Gasteiger partial charge in [-0.05, 0) is 52.0 Å². The molecule has 2 aromatic rings. The molecule has 0 spiro atoms. The number of nitrogens with zero attached hydrogens (tertiary/aromatic N) is 2. The lowest BCUT2D eigenvalue weighted by Crippen LogP contribution is -2.41. The second-order valence-electron chi connectivity index (χ2n) is 6.25. The van der Waals surface area contributed by atoms with Gasteiger partial charge in [-0.2, -0.15) is 0 Å². The average molecular weight is 282 g/mol. The summed E-state index contributed by atoms with van der Waals surface area (Å²) in [5.41, 5.74) is 1.72. The minimum Gasteiger partial charge on any atom is -0.398 e. The van der Waals surface area contributed by atoms with Crippen molar-refractivity contribution in [2.75, 3.05) is 0 Å². The van der Waals surface area contributed by atoms with Gasteiger partial charge in [0.1, 0.15) is 0 Å². The summed E-state index contributed by atoms with van der Waals surface area (Å²) >= 11 is 0. The van der Waals surface area contributed by atoms with Crippen LogP contribution in [0, 0.1) is 0 Å². The maximum Gasteiger partial charge on any atom is 0.514 e. The molecule has 1 fully saturated rings. The van der Waals surface area contributed by atoms with Crippen LogP contribution in [0.2, 0.25) is 0 Å². The zero-order chi connectivity index (χ0) is 15.1. The fourth-order valence-corrected chi connectivity index (χ4v) is 2.20. The molecule has 0 aromatic carbocycles. The van der Waals surface area contributed by atoms with E-state index in [1.54, 1.807) is 6.20 Å². The third-order valence-corrected chi connectivity index (χ3v) is 4.19. The molecule has 108 valence electrons. The van der Waals surface area contributed by atoms with Gasteiger partial charge in [-0.1, -0.05) is 12.1 Å². The topological polar surface area (TPSA) is 44.2 Å². The van der Waals surface area contributed by atoms with E-state index in [0.29, 0.717) is 0 Å². The van der Waals surface area contributed by atoms with Gasteiger partial charge in [0, 0.05) is 6.20 Å². The van der Waals surface area contributed by atoms with Crippen molar-refractivity contribution >= 4 is 12.7 Å². The molecular weight excluding hydrogens is 263 g/mol. The molecule has 0 saturated carbocycles. The molecule has 1 saturated heterocycles. The van der Waals surface area contributed by atoms with Gasteiger partial charge in [0.2, 0.25) is 0 Å². The van der Waals surface area contributed by atoms with Crippen LogP contribution in [-0.4, -0.2) is 28.3 Å². The second-order valence-corrected chi connectivity index (χ2v) is 6.25. The summed E-state index contributed by atoms with van der Waals surface area (Å²) in [6.07, 6.45) is 1.76. The van der Waals surface area contributed by atoms with Crippen LogP contribution in [0.25, 0.3) is 11.4 Å². The fraction of sp³-hybridized carbons (Fsp3) is 0.375. The van der Waals surface area contributed by atoms with Crippen LogP contribution in [0.4, 0.5) is 0 Å². The van der Waals surface area contributed by atoms with Crippen LogP contribution in [0.1, 0.15) is 27.7 Å². The van der Waals surface area contributed by atoms with Gasteiger partial charge in [0.05, 0.1) is 28.2 Å². The van der Waals surface area contributed by atoms with Crippen molar-refractivity contribution in [2.24, 2.45) is 0 Å². The smallest absolute Gasteiger partial charge is 0.398 e. The van der Waals surface area contributed by atoms with Gasteiger partial charge in [0.25, 0.3) is 0 Å². The summed E-state index contributed by atoms with van der Waals surface area (Å²) in [5.74, 6) is 0. The van der Waals surface area contributed by atoms with E-state index in [-0.39, 0.29) is 11.2 Å². The van der Waals surface area contributed by atoms with Crippen LogP contribution < -0.4 is 5.59 Å². The van der Waals surface area contributed by atoms with E-state index >= 15 is 0 Å². The van der Waals surface area contributed by atoms with E-state index in [1.807, 2.05) is 64.1 Å². The van der Waals surface area contributed by atoms with Crippen molar-refractivity contribution in [2.45, 2.75) is 38.9 Å². The Balaban J connectivity index is 1.92. The van der Waals surface area contributed by atoms with E-state index in [9.17, 15) is 0 Å². The normalized spacial score (nSPS) is 19.7. The first-order valence-corrected chi connectivity index (χ1v) is 7.13. The van der Waals surface area contributed by atoms with E-state index in [4.69, 9.17) is 9.31 Å². The second kappa shape index (κ2) is 4.93. The van der Waals surface area contributed by atoms with Crippen LogP contribution in [0.15, 0.2) is 42.6 Å². The van der Waals surface area contributed by atoms with E-state index in [2.05, 4.69) is 9.97 Å². The SMILES string of the molecule is CC1(C)OB(c2cccc(-c3ccccn3)n2)OC1(C)C. The maximum absolute atomic E-state index is 6.04. The Morgan fingerprint density at radius 1 is 0.857 bits per heavy atom. The zero-order valence-electron chi connectivity index (χ0n) is 12.8. The highest BCUT2D eigenvalue weighted by molar-refractivity contribution is 6.61. The Kier molecular flexibility index (Phi) is 3.34. The van der Waals surface area contributed by atoms with Crippen LogP contribution in [0.3, 0.4) is 0 Å². The number of hydrogen-bond donors (Lipinski definition) is 0. The van der Waals surface area contributed by atoms with Crippen molar-refractivity contribution in [1.29, 1.82) is 0 Å². The third kappa shape index (κ3) is 2.59. The van der Waals surface area contributed by atoms with E-state index in [1.165, 1.54) is 0 Å². The van der Waals surface area contributed by atoms with Crippen molar-refractivity contribution < 1.29 is 9.31 Å². The third-order valence-electron chi connectivity index (χ3n) is 4.19. The minimum atomic E-state index is -0.446. The van der Waals surface area contributed by atoms with Gasteiger partial charge in [-0.3, -0.25) is 9.97 Å². The highest BCUT2D eigenvalue weighted by Gasteiger charge is 2.52. The van der Waals surface area contributed by atoms with Crippen molar-refractivity contribution in [3.05, 3.63) is 42.6 Å². The van der Waals surface area contributed by atoms with Gasteiger partial charge in [-0.25, -0.2) is 0 Å². The Morgan fingerprint density at radius 2 is 1.52 bits per heavy atom. The number of aromatic nitrogens is 2. The van der Waals surface area contributed by atoms with Crippen LogP contribution in [-0.2, 0) is 9.31 Å². The van der Waals surface area contributed by atoms with Crippen molar-refractivity contribution in [1.82, 2.24) is 9.97 Å². The first-order chi connectivity index (χ1) is 9.89. The molecule has 0 bridgehead atoms. The molecular formula is C16H19BN2O2. The summed E-state index contributed by atoms with van der Waals surface area (Å²) in [4.78, 5) is 8.97. The molecule has 3 rings (SSSR count). The summed E-state index contributed by atoms with van der Waals surface area (Å²) in [6, 6.07) is 11.6. The summed E-state index contributed by atoms with van der Waals surface area (Å²) in [5, 5.41) is 0. The van der Waals surface area contributed by atoms with Gasteiger partial charge < -0.3 is 9.31 Å². The van der Waals surface area contributed by atoms with Crippen molar-refractivity contribution in [3.8, 4) is 11.4 Å². The molecule has 0 N–H and O–H groups in total. The lowest BCUT2D eigenvalue weighted by atomic mass is 9.84. The molecule has 5 heteroatoms. The molecule has 1 aliphatic rings. The first-order valence-electron chi connectivity index (χ1n) is 7.13. The molecule has 0 unspecified atom stereocenters. The summed E-state index contributed by atoms with van der Waals surface area (Å²) in [7, 11) is -0.446. The quantitative estimate of drug-likeness (QED) is 0.794. The fourth-order valence-electron chi connectivity index (χ4n) is 2.20. The monoisotopic (exact) mass is 282 g/mol. The minimum absolute atomic E-state index is 0.361. The first kappa shape index (κ1) is 14.2. The zero-order valence-corrected chi connectivity index (χ0v) is 12.8. The van der Waals surface area contributed by atoms with Gasteiger partial charge >= 0.3 is 7.12 Å². The highest BCUT2D eigenvalue weighted by Crippen LogP contribution is 2.36. The predicted molar refractivity (Wildman–Crippen MR) is 83.2 cm³/mol. The Hall–Kier alpha value is -1.72. The van der Waals surface area contributed by atoms with Crippen LogP contribution in [0.5, 0.6) is 0 Å². The average Bonchev–Trinajstić information content (AvgIpc) is 2.69. The molecule has 0 radical (unpaired) electrons. The molecule has 2 aromatic heterocycles. The van der Waals surface area contributed by atoms with Crippen molar-refractivity contribution in [3.63, 3.8) is 0 Å². The molecule has 1 aliphatic heterocycles. The Bertz CT molecular complexity index is 628. The summed E-state index contributed by atoms with van der Waals surface area (Å²) in [6.45, 7) is 8.15. The predicted octanol–water partition coefficient (Wildman–Crippen LogP) is 2.44. The number of hydrogen-bond acceptors (Lipinski definition) is 4. The number of pyridine rings is 2. The standard InChI is InChI=1S/C16H19BN2O2/c1-15(2)16(3,4)21-17(20-15)14-10-7-9-13(19-14)12-8-5-6-11-18-12/h5-11H,1-4H3. The molecule has 0 amide bonds. The van der Waals surface area contributed by atoms with E-state index in [0.717, 1.165) is 17.0 Å². The van der Waals surface area contributed by atoms with Crippen LogP contribution >= 0.6 is 0 Å². The molecule has 4 nitrogen and oxygen atoms in total. The van der Waals surface area contributed by atoms with Gasteiger partial charge in [0.15, 0.2) is 0 Å². The van der Waals surface area contributed by atoms with Gasteiger partial charge in [-0.15, -0.1) is 0 Å². The lowest BCUT2D eigenvalue weighted by molar-refractivity contribution is 0.00578. The Labute approximate surface area is 125 Å². The molecule has 3 heterocycles.